The van der Waals surface area contributed by atoms with Gasteiger partial charge in [0.15, 0.2) is 6.61 Å². The second-order valence-electron chi connectivity index (χ2n) is 6.67. The highest BCUT2D eigenvalue weighted by atomic mass is 32.1. The van der Waals surface area contributed by atoms with Gasteiger partial charge in [-0.2, -0.15) is 0 Å². The molecule has 0 spiro atoms. The van der Waals surface area contributed by atoms with Gasteiger partial charge in [-0.15, -0.1) is 11.3 Å². The van der Waals surface area contributed by atoms with Gasteiger partial charge in [0.2, 0.25) is 0 Å². The fraction of sp³-hybridized carbons (Fsp3) is 0.526. The fourth-order valence-corrected chi connectivity index (χ4v) is 4.40. The van der Waals surface area contributed by atoms with Crippen molar-refractivity contribution in [1.82, 2.24) is 9.88 Å². The summed E-state index contributed by atoms with van der Waals surface area (Å²) >= 11 is 1.59. The smallest absolute Gasteiger partial charge is 0.306 e. The van der Waals surface area contributed by atoms with Crippen molar-refractivity contribution in [2.45, 2.75) is 58.0 Å². The molecule has 1 amide bonds. The molecule has 1 aromatic carbocycles. The average Bonchev–Trinajstić information content (AvgIpc) is 3.01. The van der Waals surface area contributed by atoms with Crippen LogP contribution in [0.4, 0.5) is 0 Å². The van der Waals surface area contributed by atoms with Gasteiger partial charge in [-0.05, 0) is 45.2 Å². The van der Waals surface area contributed by atoms with E-state index in [4.69, 9.17) is 4.74 Å². The van der Waals surface area contributed by atoms with Gasteiger partial charge in [-0.1, -0.05) is 12.1 Å². The monoisotopic (exact) mass is 360 g/mol. The van der Waals surface area contributed by atoms with E-state index in [9.17, 15) is 9.59 Å². The van der Waals surface area contributed by atoms with Gasteiger partial charge >= 0.3 is 5.97 Å². The zero-order chi connectivity index (χ0) is 17.8. The van der Waals surface area contributed by atoms with E-state index >= 15 is 0 Å². The van der Waals surface area contributed by atoms with Crippen LogP contribution in [0.2, 0.25) is 0 Å². The number of para-hydroxylation sites is 1. The number of hydrogen-bond acceptors (Lipinski definition) is 5. The summed E-state index contributed by atoms with van der Waals surface area (Å²) in [6.07, 6.45) is 3.97. The Morgan fingerprint density at radius 1 is 1.24 bits per heavy atom. The highest BCUT2D eigenvalue weighted by Gasteiger charge is 2.29. The molecule has 1 aliphatic heterocycles. The number of amides is 1. The van der Waals surface area contributed by atoms with Crippen LogP contribution in [-0.4, -0.2) is 40.5 Å². The van der Waals surface area contributed by atoms with E-state index in [2.05, 4.69) is 18.8 Å². The normalized spacial score (nSPS) is 20.6. The number of nitrogens with zero attached hydrogens (tertiary/aromatic N) is 2. The maximum atomic E-state index is 12.4. The lowest BCUT2D eigenvalue weighted by Gasteiger charge is -2.38. The van der Waals surface area contributed by atoms with Crippen LogP contribution in [-0.2, 0) is 20.7 Å². The number of benzene rings is 1. The average molecular weight is 360 g/mol. The zero-order valence-corrected chi connectivity index (χ0v) is 15.6. The number of aromatic nitrogens is 1. The van der Waals surface area contributed by atoms with Gasteiger partial charge in [0.25, 0.3) is 5.91 Å². The first kappa shape index (κ1) is 17.9. The van der Waals surface area contributed by atoms with Crippen LogP contribution in [0.1, 0.15) is 44.5 Å². The first-order valence-corrected chi connectivity index (χ1v) is 9.67. The maximum absolute atomic E-state index is 12.4. The van der Waals surface area contributed by atoms with Crippen LogP contribution in [0, 0.1) is 0 Å². The van der Waals surface area contributed by atoms with Crippen molar-refractivity contribution in [3.05, 3.63) is 29.3 Å². The number of ether oxygens (including phenoxy) is 1. The lowest BCUT2D eigenvalue weighted by atomic mass is 9.97. The van der Waals surface area contributed by atoms with Crippen molar-refractivity contribution in [3.8, 4) is 0 Å². The molecule has 0 aliphatic carbocycles. The van der Waals surface area contributed by atoms with Gasteiger partial charge < -0.3 is 9.64 Å². The third-order valence-electron chi connectivity index (χ3n) is 4.72. The van der Waals surface area contributed by atoms with Crippen molar-refractivity contribution in [2.24, 2.45) is 0 Å². The van der Waals surface area contributed by atoms with Crippen LogP contribution in [0.5, 0.6) is 0 Å². The van der Waals surface area contributed by atoms with Crippen molar-refractivity contribution in [3.63, 3.8) is 0 Å². The number of piperidine rings is 1. The molecule has 6 heteroatoms. The number of aryl methyl sites for hydroxylation is 1. The Morgan fingerprint density at radius 3 is 2.68 bits per heavy atom. The summed E-state index contributed by atoms with van der Waals surface area (Å²) in [5, 5.41) is 0.919. The molecule has 0 unspecified atom stereocenters. The first-order valence-electron chi connectivity index (χ1n) is 8.86. The Bertz CT molecular complexity index is 715. The van der Waals surface area contributed by atoms with Crippen LogP contribution >= 0.6 is 11.3 Å². The minimum Gasteiger partial charge on any atom is -0.456 e. The van der Waals surface area contributed by atoms with Crippen molar-refractivity contribution < 1.29 is 14.3 Å². The lowest BCUT2D eigenvalue weighted by molar-refractivity contribution is -0.154. The van der Waals surface area contributed by atoms with Crippen LogP contribution in [0.25, 0.3) is 10.2 Å². The van der Waals surface area contributed by atoms with Crippen molar-refractivity contribution in [1.29, 1.82) is 0 Å². The Morgan fingerprint density at radius 2 is 1.96 bits per heavy atom. The van der Waals surface area contributed by atoms with Gasteiger partial charge in [-0.3, -0.25) is 9.59 Å². The van der Waals surface area contributed by atoms with Gasteiger partial charge in [0.1, 0.15) is 0 Å². The number of thiazole rings is 1. The number of fused-ring (bicyclic) bond motifs is 1. The predicted octanol–water partition coefficient (Wildman–Crippen LogP) is 3.56. The molecule has 1 aromatic heterocycles. The largest absolute Gasteiger partial charge is 0.456 e. The standard InChI is InChI=1S/C19H24N2O3S/c1-13-6-5-7-14(2)21(13)18(22)12-24-19(23)11-10-17-20-15-8-3-4-9-16(15)25-17/h3-4,8-9,13-14H,5-7,10-12H2,1-2H3/t13-,14-/m0/s1. The van der Waals surface area contributed by atoms with E-state index in [0.717, 1.165) is 34.5 Å². The quantitative estimate of drug-likeness (QED) is 0.765. The molecule has 1 aliphatic rings. The third kappa shape index (κ3) is 4.37. The second-order valence-corrected chi connectivity index (χ2v) is 7.78. The summed E-state index contributed by atoms with van der Waals surface area (Å²) in [5.41, 5.74) is 0.958. The zero-order valence-electron chi connectivity index (χ0n) is 14.7. The van der Waals surface area contributed by atoms with E-state index in [-0.39, 0.29) is 37.0 Å². The molecular weight excluding hydrogens is 336 g/mol. The second kappa shape index (κ2) is 7.95. The summed E-state index contributed by atoms with van der Waals surface area (Å²) in [5.74, 6) is -0.432. The molecule has 2 heterocycles. The SMILES string of the molecule is C[C@H]1CCC[C@H](C)N1C(=O)COC(=O)CCc1nc2ccccc2s1. The Kier molecular flexibility index (Phi) is 5.68. The number of rotatable bonds is 5. The molecule has 25 heavy (non-hydrogen) atoms. The van der Waals surface area contributed by atoms with Crippen LogP contribution < -0.4 is 0 Å². The van der Waals surface area contributed by atoms with Crippen molar-refractivity contribution >= 4 is 33.4 Å². The molecule has 1 saturated heterocycles. The molecule has 1 fully saturated rings. The molecule has 0 saturated carbocycles. The Balaban J connectivity index is 1.46. The van der Waals surface area contributed by atoms with Crippen LogP contribution in [0.15, 0.2) is 24.3 Å². The van der Waals surface area contributed by atoms with Crippen LogP contribution in [0.3, 0.4) is 0 Å². The molecule has 0 radical (unpaired) electrons. The third-order valence-corrected chi connectivity index (χ3v) is 5.82. The maximum Gasteiger partial charge on any atom is 0.306 e. The topological polar surface area (TPSA) is 59.5 Å². The van der Waals surface area contributed by atoms with E-state index in [0.29, 0.717) is 6.42 Å². The number of carbonyl (C=O) groups excluding carboxylic acids is 2. The molecular formula is C19H24N2O3S. The highest BCUT2D eigenvalue weighted by Crippen LogP contribution is 2.23. The summed E-state index contributed by atoms with van der Waals surface area (Å²) in [4.78, 5) is 30.7. The molecule has 3 rings (SSSR count). The highest BCUT2D eigenvalue weighted by molar-refractivity contribution is 7.18. The lowest BCUT2D eigenvalue weighted by Crippen LogP contribution is -2.49. The number of esters is 1. The predicted molar refractivity (Wildman–Crippen MR) is 98.5 cm³/mol. The Labute approximate surface area is 152 Å². The van der Waals surface area contributed by atoms with E-state index in [1.807, 2.05) is 29.2 Å². The minimum absolute atomic E-state index is 0.0898. The molecule has 5 nitrogen and oxygen atoms in total. The summed E-state index contributed by atoms with van der Waals surface area (Å²) in [6, 6.07) is 8.36. The molecule has 0 bridgehead atoms. The summed E-state index contributed by atoms with van der Waals surface area (Å²) < 4.78 is 6.32. The number of hydrogen-bond donors (Lipinski definition) is 0. The van der Waals surface area contributed by atoms with E-state index < -0.39 is 0 Å². The number of likely N-dealkylation sites (tertiary alicyclic amines) is 1. The van der Waals surface area contributed by atoms with Gasteiger partial charge in [-0.25, -0.2) is 4.98 Å². The van der Waals surface area contributed by atoms with Gasteiger partial charge in [0, 0.05) is 18.5 Å². The number of carbonyl (C=O) groups is 2. The molecule has 0 N–H and O–H groups in total. The molecule has 2 aromatic rings. The Hall–Kier alpha value is -1.95. The van der Waals surface area contributed by atoms with E-state index in [1.54, 1.807) is 11.3 Å². The fourth-order valence-electron chi connectivity index (χ4n) is 3.44. The molecule has 2 atom stereocenters. The summed E-state index contributed by atoms with van der Waals surface area (Å²) in [7, 11) is 0. The summed E-state index contributed by atoms with van der Waals surface area (Å²) in [6.45, 7) is 3.96. The van der Waals surface area contributed by atoms with E-state index in [1.165, 1.54) is 0 Å². The first-order chi connectivity index (χ1) is 12.0. The van der Waals surface area contributed by atoms with Gasteiger partial charge in [0.05, 0.1) is 21.6 Å². The molecule has 134 valence electrons. The van der Waals surface area contributed by atoms with Crippen molar-refractivity contribution in [2.75, 3.05) is 6.61 Å². The minimum atomic E-state index is -0.343.